The Bertz CT molecular complexity index is 1610. The van der Waals surface area contributed by atoms with Crippen LogP contribution in [-0.2, 0) is 19.9 Å². The number of nitrogens with one attached hydrogen (secondary N) is 1. The second kappa shape index (κ2) is 8.69. The fourth-order valence-electron chi connectivity index (χ4n) is 4.39. The van der Waals surface area contributed by atoms with Crippen molar-refractivity contribution >= 4 is 52.4 Å². The average Bonchev–Trinajstić information content (AvgIpc) is 3.57. The van der Waals surface area contributed by atoms with Gasteiger partial charge in [-0.25, -0.2) is 32.0 Å². The maximum Gasteiger partial charge on any atom is 0.240 e. The molecule has 184 valence electrons. The molecule has 35 heavy (non-hydrogen) atoms. The topological polar surface area (TPSA) is 203 Å². The van der Waals surface area contributed by atoms with E-state index in [4.69, 9.17) is 10.9 Å². The standard InChI is InChI=1S/C20H21N7O5S3/c21-20-26-17-13(2-1-3-14(17)33-20)12-4-5-15(34(29,30)11-6-10(8-28)23-7-11)18(35(22,31)32)16(12)19-24-9-25-27-19/h1-5,10-11,23,28H,6-9H2,(H2,21,26)(H2,22,31,32)/t10-,11+/m0/s1. The van der Waals surface area contributed by atoms with Crippen molar-refractivity contribution in [2.24, 2.45) is 20.4 Å². The molecule has 0 radical (unpaired) electrons. The van der Waals surface area contributed by atoms with Gasteiger partial charge in [0.05, 0.1) is 32.5 Å². The SMILES string of the molecule is Nc1nc2c(-c3ccc(S(=O)(=O)[C@H]4CN[C@H](CO)C4)c(S(N)(=O)=O)c3C3=NCN=N3)cccc2s1. The Morgan fingerprint density at radius 3 is 2.60 bits per heavy atom. The number of sulfonamides is 1. The van der Waals surface area contributed by atoms with E-state index in [-0.39, 0.29) is 37.6 Å². The molecule has 0 spiro atoms. The smallest absolute Gasteiger partial charge is 0.240 e. The van der Waals surface area contributed by atoms with Gasteiger partial charge in [0.2, 0.25) is 10.0 Å². The maximum absolute atomic E-state index is 13.6. The number of nitrogen functional groups attached to an aromatic ring is 1. The summed E-state index contributed by atoms with van der Waals surface area (Å²) in [5, 5.41) is 25.1. The number of sulfone groups is 1. The van der Waals surface area contributed by atoms with Crippen LogP contribution in [0.2, 0.25) is 0 Å². The zero-order valence-electron chi connectivity index (χ0n) is 18.1. The molecule has 2 atom stereocenters. The first kappa shape index (κ1) is 23.9. The minimum absolute atomic E-state index is 0.0333. The van der Waals surface area contributed by atoms with Gasteiger partial charge in [-0.3, -0.25) is 0 Å². The number of fused-ring (bicyclic) bond motifs is 1. The molecule has 3 heterocycles. The van der Waals surface area contributed by atoms with Crippen molar-refractivity contribution in [2.45, 2.75) is 27.5 Å². The van der Waals surface area contributed by atoms with E-state index in [0.717, 1.165) is 4.70 Å². The van der Waals surface area contributed by atoms with Crippen LogP contribution in [0.25, 0.3) is 21.3 Å². The van der Waals surface area contributed by atoms with Crippen LogP contribution < -0.4 is 16.2 Å². The number of aliphatic imine (C=N–C) groups is 1. The monoisotopic (exact) mass is 535 g/mol. The molecule has 0 aliphatic carbocycles. The van der Waals surface area contributed by atoms with Crippen molar-refractivity contribution in [2.75, 3.05) is 25.6 Å². The number of amidine groups is 1. The molecule has 2 aromatic carbocycles. The highest BCUT2D eigenvalue weighted by Gasteiger charge is 2.40. The Balaban J connectivity index is 1.83. The number of azo groups is 1. The van der Waals surface area contributed by atoms with E-state index in [9.17, 15) is 21.9 Å². The third-order valence-electron chi connectivity index (χ3n) is 5.95. The Morgan fingerprint density at radius 2 is 1.94 bits per heavy atom. The normalized spacial score (nSPS) is 20.6. The molecule has 0 amide bonds. The van der Waals surface area contributed by atoms with Gasteiger partial charge < -0.3 is 16.2 Å². The van der Waals surface area contributed by atoms with Crippen molar-refractivity contribution in [1.82, 2.24) is 10.3 Å². The lowest BCUT2D eigenvalue weighted by atomic mass is 9.98. The van der Waals surface area contributed by atoms with Gasteiger partial charge in [-0.15, -0.1) is 5.11 Å². The zero-order valence-corrected chi connectivity index (χ0v) is 20.6. The molecular formula is C20H21N7O5S3. The van der Waals surface area contributed by atoms with Crippen LogP contribution in [0.15, 0.2) is 55.3 Å². The Labute approximate surface area is 204 Å². The predicted molar refractivity (Wildman–Crippen MR) is 132 cm³/mol. The first-order valence-electron chi connectivity index (χ1n) is 10.5. The molecule has 2 aliphatic heterocycles. The summed E-state index contributed by atoms with van der Waals surface area (Å²) in [6, 6.07) is 7.64. The van der Waals surface area contributed by atoms with Crippen molar-refractivity contribution < 1.29 is 21.9 Å². The fourth-order valence-corrected chi connectivity index (χ4v) is 8.47. The summed E-state index contributed by atoms with van der Waals surface area (Å²) in [6.07, 6.45) is 0.123. The van der Waals surface area contributed by atoms with Crippen LogP contribution >= 0.6 is 11.3 Å². The van der Waals surface area contributed by atoms with Crippen LogP contribution in [0.1, 0.15) is 12.0 Å². The highest BCUT2D eigenvalue weighted by molar-refractivity contribution is 7.94. The van der Waals surface area contributed by atoms with Gasteiger partial charge in [0.1, 0.15) is 4.90 Å². The van der Waals surface area contributed by atoms with E-state index < -0.39 is 40.9 Å². The van der Waals surface area contributed by atoms with E-state index in [0.29, 0.717) is 21.8 Å². The number of primary sulfonamides is 1. The van der Waals surface area contributed by atoms with E-state index >= 15 is 0 Å². The number of nitrogens with two attached hydrogens (primary N) is 2. The molecule has 2 aliphatic rings. The lowest BCUT2D eigenvalue weighted by Gasteiger charge is -2.19. The molecule has 0 bridgehead atoms. The summed E-state index contributed by atoms with van der Waals surface area (Å²) in [4.78, 5) is 7.51. The summed E-state index contributed by atoms with van der Waals surface area (Å²) in [5.74, 6) is -0.0425. The van der Waals surface area contributed by atoms with E-state index in [1.54, 1.807) is 12.1 Å². The van der Waals surface area contributed by atoms with E-state index in [2.05, 4.69) is 25.5 Å². The number of aromatic nitrogens is 1. The number of aliphatic hydroxyl groups excluding tert-OH is 1. The minimum atomic E-state index is -4.59. The number of anilines is 1. The summed E-state index contributed by atoms with van der Waals surface area (Å²) in [6.45, 7) is -0.211. The Kier molecular flexibility index (Phi) is 5.93. The molecular weight excluding hydrogens is 514 g/mol. The van der Waals surface area contributed by atoms with Gasteiger partial charge in [0.25, 0.3) is 0 Å². The van der Waals surface area contributed by atoms with Crippen LogP contribution in [0.4, 0.5) is 5.13 Å². The number of thiazole rings is 1. The summed E-state index contributed by atoms with van der Waals surface area (Å²) < 4.78 is 54.0. The highest BCUT2D eigenvalue weighted by Crippen LogP contribution is 2.40. The number of hydrogen-bond acceptors (Lipinski definition) is 12. The van der Waals surface area contributed by atoms with Crippen molar-refractivity contribution in [3.05, 3.63) is 35.9 Å². The lowest BCUT2D eigenvalue weighted by molar-refractivity contribution is 0.255. The first-order valence-corrected chi connectivity index (χ1v) is 14.4. The molecule has 1 fully saturated rings. The van der Waals surface area contributed by atoms with Gasteiger partial charge in [-0.2, -0.15) is 5.11 Å². The molecule has 3 aromatic rings. The number of para-hydroxylation sites is 1. The minimum Gasteiger partial charge on any atom is -0.395 e. The number of hydrogen-bond donors (Lipinski definition) is 4. The van der Waals surface area contributed by atoms with Crippen molar-refractivity contribution in [3.8, 4) is 11.1 Å². The number of benzene rings is 2. The number of aliphatic hydroxyl groups is 1. The highest BCUT2D eigenvalue weighted by atomic mass is 32.2. The summed E-state index contributed by atoms with van der Waals surface area (Å²) >= 11 is 1.26. The average molecular weight is 536 g/mol. The fraction of sp³-hybridized carbons (Fsp3) is 0.300. The maximum atomic E-state index is 13.6. The Morgan fingerprint density at radius 1 is 1.14 bits per heavy atom. The second-order valence-electron chi connectivity index (χ2n) is 8.12. The summed E-state index contributed by atoms with van der Waals surface area (Å²) in [7, 11) is -8.76. The van der Waals surface area contributed by atoms with Crippen LogP contribution in [0, 0.1) is 0 Å². The third kappa shape index (κ3) is 4.13. The molecule has 0 unspecified atom stereocenters. The Hall–Kier alpha value is -2.82. The van der Waals surface area contributed by atoms with Gasteiger partial charge in [-0.05, 0) is 24.1 Å². The number of rotatable bonds is 6. The molecule has 15 heteroatoms. The summed E-state index contributed by atoms with van der Waals surface area (Å²) in [5.41, 5.74) is 7.22. The molecule has 12 nitrogen and oxygen atoms in total. The van der Waals surface area contributed by atoms with Crippen LogP contribution in [-0.4, -0.2) is 63.9 Å². The molecule has 1 aromatic heterocycles. The third-order valence-corrected chi connectivity index (χ3v) is 10.1. The number of nitrogens with zero attached hydrogens (tertiary/aromatic N) is 4. The van der Waals surface area contributed by atoms with Crippen LogP contribution in [0.5, 0.6) is 0 Å². The van der Waals surface area contributed by atoms with Gasteiger partial charge >= 0.3 is 0 Å². The van der Waals surface area contributed by atoms with Gasteiger partial charge in [0.15, 0.2) is 27.5 Å². The molecule has 1 saturated heterocycles. The van der Waals surface area contributed by atoms with Crippen LogP contribution in [0.3, 0.4) is 0 Å². The van der Waals surface area contributed by atoms with Gasteiger partial charge in [0, 0.05) is 18.2 Å². The first-order chi connectivity index (χ1) is 16.6. The molecule has 6 N–H and O–H groups in total. The quantitative estimate of drug-likeness (QED) is 0.355. The lowest BCUT2D eigenvalue weighted by Crippen LogP contribution is -2.28. The second-order valence-corrected chi connectivity index (χ2v) is 12.9. The molecule has 0 saturated carbocycles. The molecule has 5 rings (SSSR count). The van der Waals surface area contributed by atoms with Gasteiger partial charge in [-0.1, -0.05) is 29.5 Å². The van der Waals surface area contributed by atoms with E-state index in [1.165, 1.54) is 23.5 Å². The predicted octanol–water partition coefficient (Wildman–Crippen LogP) is 0.859. The van der Waals surface area contributed by atoms with Crippen molar-refractivity contribution in [3.63, 3.8) is 0 Å². The van der Waals surface area contributed by atoms with E-state index in [1.807, 2.05) is 6.07 Å². The largest absolute Gasteiger partial charge is 0.395 e. The van der Waals surface area contributed by atoms with Crippen molar-refractivity contribution in [1.29, 1.82) is 0 Å². The zero-order chi connectivity index (χ0) is 25.0.